The molecule has 2 fully saturated rings. The Kier molecular flexibility index (Phi) is 5.67. The van der Waals surface area contributed by atoms with E-state index in [2.05, 4.69) is 16.8 Å². The van der Waals surface area contributed by atoms with E-state index in [9.17, 15) is 4.79 Å². The van der Waals surface area contributed by atoms with E-state index in [-0.39, 0.29) is 11.3 Å². The van der Waals surface area contributed by atoms with Gasteiger partial charge in [0.15, 0.2) is 0 Å². The number of carbonyl (C=O) groups is 1. The van der Waals surface area contributed by atoms with Crippen molar-refractivity contribution < 1.29 is 9.21 Å². The van der Waals surface area contributed by atoms with Crippen molar-refractivity contribution in [2.45, 2.75) is 25.1 Å². The van der Waals surface area contributed by atoms with Crippen molar-refractivity contribution in [3.05, 3.63) is 23.7 Å². The summed E-state index contributed by atoms with van der Waals surface area (Å²) in [6.45, 7) is 8.42. The first kappa shape index (κ1) is 16.9. The highest BCUT2D eigenvalue weighted by Gasteiger charge is 2.31. The number of piperazine rings is 1. The molecule has 1 atom stereocenters. The van der Waals surface area contributed by atoms with Gasteiger partial charge in [0.25, 0.3) is 0 Å². The molecule has 1 aromatic rings. The molecule has 0 aromatic carbocycles. The third kappa shape index (κ3) is 4.31. The Morgan fingerprint density at radius 2 is 2.00 bits per heavy atom. The second-order valence-corrected chi connectivity index (χ2v) is 7.70. The van der Waals surface area contributed by atoms with Gasteiger partial charge in [0, 0.05) is 44.9 Å². The first-order valence-electron chi connectivity index (χ1n) is 8.52. The summed E-state index contributed by atoms with van der Waals surface area (Å²) in [6.07, 6.45) is 1.68. The maximum atomic E-state index is 12.4. The van der Waals surface area contributed by atoms with E-state index >= 15 is 0 Å². The second-order valence-electron chi connectivity index (χ2n) is 6.51. The average molecular weight is 337 g/mol. The highest BCUT2D eigenvalue weighted by Crippen LogP contribution is 2.38. The SMILES string of the molecule is Cc1ccc(C2SCCC(=O)N2CCCN2CCN(C)CC2)o1. The molecule has 3 rings (SSSR count). The Bertz CT molecular complexity index is 526. The van der Waals surface area contributed by atoms with Crippen LogP contribution in [0.5, 0.6) is 0 Å². The van der Waals surface area contributed by atoms with Gasteiger partial charge < -0.3 is 19.1 Å². The van der Waals surface area contributed by atoms with Crippen LogP contribution in [-0.4, -0.2) is 72.7 Å². The molecule has 3 heterocycles. The van der Waals surface area contributed by atoms with Gasteiger partial charge in [-0.15, -0.1) is 11.8 Å². The standard InChI is InChI=1S/C17H27N3O2S/c1-14-4-5-15(22-14)17-20(16(21)6-13-23-17)8-3-7-19-11-9-18(2)10-12-19/h4-5,17H,3,6-13H2,1-2H3. The van der Waals surface area contributed by atoms with Crippen LogP contribution in [-0.2, 0) is 4.79 Å². The molecule has 1 aromatic heterocycles. The average Bonchev–Trinajstić information content (AvgIpc) is 2.97. The van der Waals surface area contributed by atoms with Crippen LogP contribution in [0.4, 0.5) is 0 Å². The number of furan rings is 1. The van der Waals surface area contributed by atoms with Crippen LogP contribution < -0.4 is 0 Å². The predicted octanol–water partition coefficient (Wildman–Crippen LogP) is 2.19. The van der Waals surface area contributed by atoms with E-state index in [0.717, 1.165) is 63.0 Å². The zero-order valence-corrected chi connectivity index (χ0v) is 15.0. The Balaban J connectivity index is 1.54. The fourth-order valence-electron chi connectivity index (χ4n) is 3.22. The number of carbonyl (C=O) groups excluding carboxylic acids is 1. The molecule has 0 aliphatic carbocycles. The summed E-state index contributed by atoms with van der Waals surface area (Å²) in [7, 11) is 2.18. The minimum Gasteiger partial charge on any atom is -0.463 e. The van der Waals surface area contributed by atoms with Gasteiger partial charge in [-0.2, -0.15) is 0 Å². The summed E-state index contributed by atoms with van der Waals surface area (Å²) in [6, 6.07) is 4.00. The Labute approximate surface area is 143 Å². The number of amides is 1. The van der Waals surface area contributed by atoms with Crippen molar-refractivity contribution >= 4 is 17.7 Å². The van der Waals surface area contributed by atoms with E-state index in [0.29, 0.717) is 6.42 Å². The number of aryl methyl sites for hydroxylation is 1. The molecule has 1 amide bonds. The van der Waals surface area contributed by atoms with Crippen LogP contribution in [0.25, 0.3) is 0 Å². The molecular formula is C17H27N3O2S. The van der Waals surface area contributed by atoms with Gasteiger partial charge in [0.1, 0.15) is 16.9 Å². The molecule has 23 heavy (non-hydrogen) atoms. The minimum atomic E-state index is 0.0532. The third-order valence-electron chi connectivity index (χ3n) is 4.67. The third-order valence-corrected chi connectivity index (χ3v) is 5.91. The zero-order valence-electron chi connectivity index (χ0n) is 14.2. The van der Waals surface area contributed by atoms with Crippen molar-refractivity contribution in [1.82, 2.24) is 14.7 Å². The number of likely N-dealkylation sites (N-methyl/N-ethyl adjacent to an activating group) is 1. The van der Waals surface area contributed by atoms with Crippen molar-refractivity contribution in [3.63, 3.8) is 0 Å². The summed E-state index contributed by atoms with van der Waals surface area (Å²) in [5.41, 5.74) is 0. The molecule has 128 valence electrons. The Hall–Kier alpha value is -0.980. The number of hydrogen-bond acceptors (Lipinski definition) is 5. The van der Waals surface area contributed by atoms with Crippen LogP contribution >= 0.6 is 11.8 Å². The quantitative estimate of drug-likeness (QED) is 0.824. The zero-order chi connectivity index (χ0) is 16.2. The Morgan fingerprint density at radius 3 is 2.70 bits per heavy atom. The van der Waals surface area contributed by atoms with Crippen LogP contribution in [0.2, 0.25) is 0 Å². The lowest BCUT2D eigenvalue weighted by Gasteiger charge is -2.36. The summed E-state index contributed by atoms with van der Waals surface area (Å²) in [4.78, 5) is 19.3. The number of rotatable bonds is 5. The molecule has 1 unspecified atom stereocenters. The highest BCUT2D eigenvalue weighted by atomic mass is 32.2. The first-order chi connectivity index (χ1) is 11.1. The predicted molar refractivity (Wildman–Crippen MR) is 93.5 cm³/mol. The monoisotopic (exact) mass is 337 g/mol. The van der Waals surface area contributed by atoms with Gasteiger partial charge in [-0.1, -0.05) is 0 Å². The van der Waals surface area contributed by atoms with E-state index in [4.69, 9.17) is 4.42 Å². The fraction of sp³-hybridized carbons (Fsp3) is 0.706. The van der Waals surface area contributed by atoms with Gasteiger partial charge in [0.2, 0.25) is 5.91 Å². The molecule has 0 N–H and O–H groups in total. The summed E-state index contributed by atoms with van der Waals surface area (Å²) < 4.78 is 5.78. The molecule has 2 saturated heterocycles. The second kappa shape index (κ2) is 7.73. The summed E-state index contributed by atoms with van der Waals surface area (Å²) in [5, 5.41) is 0.0532. The van der Waals surface area contributed by atoms with Gasteiger partial charge in [-0.25, -0.2) is 0 Å². The van der Waals surface area contributed by atoms with E-state index < -0.39 is 0 Å². The number of nitrogens with zero attached hydrogens (tertiary/aromatic N) is 3. The molecule has 6 heteroatoms. The Morgan fingerprint density at radius 1 is 1.22 bits per heavy atom. The molecule has 0 bridgehead atoms. The number of hydrogen-bond donors (Lipinski definition) is 0. The van der Waals surface area contributed by atoms with Crippen LogP contribution in [0.1, 0.15) is 29.7 Å². The summed E-state index contributed by atoms with van der Waals surface area (Å²) in [5.74, 6) is 2.98. The minimum absolute atomic E-state index is 0.0532. The summed E-state index contributed by atoms with van der Waals surface area (Å²) >= 11 is 1.82. The lowest BCUT2D eigenvalue weighted by atomic mass is 10.2. The maximum absolute atomic E-state index is 12.4. The topological polar surface area (TPSA) is 39.9 Å². The van der Waals surface area contributed by atoms with Gasteiger partial charge in [-0.3, -0.25) is 4.79 Å². The van der Waals surface area contributed by atoms with Crippen molar-refractivity contribution in [2.75, 3.05) is 52.1 Å². The van der Waals surface area contributed by atoms with Gasteiger partial charge in [-0.05, 0) is 39.1 Å². The largest absolute Gasteiger partial charge is 0.463 e. The van der Waals surface area contributed by atoms with Crippen molar-refractivity contribution in [2.24, 2.45) is 0 Å². The smallest absolute Gasteiger partial charge is 0.224 e. The van der Waals surface area contributed by atoms with Crippen LogP contribution in [0, 0.1) is 6.92 Å². The molecular weight excluding hydrogens is 310 g/mol. The molecule has 5 nitrogen and oxygen atoms in total. The first-order valence-corrected chi connectivity index (χ1v) is 9.56. The lowest BCUT2D eigenvalue weighted by molar-refractivity contribution is -0.132. The van der Waals surface area contributed by atoms with Crippen molar-refractivity contribution in [3.8, 4) is 0 Å². The van der Waals surface area contributed by atoms with E-state index in [1.165, 1.54) is 0 Å². The van der Waals surface area contributed by atoms with Crippen molar-refractivity contribution in [1.29, 1.82) is 0 Å². The van der Waals surface area contributed by atoms with E-state index in [1.54, 1.807) is 0 Å². The lowest BCUT2D eigenvalue weighted by Crippen LogP contribution is -2.45. The molecule has 2 aliphatic heterocycles. The fourth-order valence-corrected chi connectivity index (χ4v) is 4.43. The maximum Gasteiger partial charge on any atom is 0.224 e. The molecule has 0 saturated carbocycles. The van der Waals surface area contributed by atoms with Gasteiger partial charge in [0.05, 0.1) is 0 Å². The van der Waals surface area contributed by atoms with E-state index in [1.807, 2.05) is 35.7 Å². The van der Waals surface area contributed by atoms with Crippen LogP contribution in [0.3, 0.4) is 0 Å². The molecule has 0 radical (unpaired) electrons. The van der Waals surface area contributed by atoms with Gasteiger partial charge >= 0.3 is 0 Å². The normalized spacial score (nSPS) is 24.3. The van der Waals surface area contributed by atoms with Crippen LogP contribution in [0.15, 0.2) is 16.5 Å². The molecule has 2 aliphatic rings. The highest BCUT2D eigenvalue weighted by molar-refractivity contribution is 7.99. The number of thioether (sulfide) groups is 1. The molecule has 0 spiro atoms.